The molecule has 0 saturated carbocycles. The van der Waals surface area contributed by atoms with Crippen LogP contribution in [-0.2, 0) is 6.54 Å². The van der Waals surface area contributed by atoms with Gasteiger partial charge in [-0.3, -0.25) is 4.79 Å². The molecule has 4 aromatic rings. The van der Waals surface area contributed by atoms with Crippen LogP contribution >= 0.6 is 0 Å². The van der Waals surface area contributed by atoms with Crippen molar-refractivity contribution in [2.45, 2.75) is 20.4 Å². The molecule has 1 fully saturated rings. The van der Waals surface area contributed by atoms with Gasteiger partial charge in [0, 0.05) is 38.3 Å². The molecule has 10 heteroatoms. The normalized spacial score (nSPS) is 13.7. The van der Waals surface area contributed by atoms with Crippen LogP contribution in [-0.4, -0.2) is 95.5 Å². The van der Waals surface area contributed by atoms with Crippen molar-refractivity contribution in [3.05, 3.63) is 71.7 Å². The number of likely N-dealkylation sites (N-methyl/N-ethyl adjacent to an activating group) is 1. The molecule has 0 radical (unpaired) electrons. The number of amides is 1. The lowest BCUT2D eigenvalue weighted by molar-refractivity contribution is 0.0746. The third-order valence-electron chi connectivity index (χ3n) is 7.04. The van der Waals surface area contributed by atoms with E-state index in [4.69, 9.17) is 9.47 Å². The van der Waals surface area contributed by atoms with Crippen LogP contribution in [0.4, 0.5) is 5.82 Å². The molecule has 0 unspecified atom stereocenters. The van der Waals surface area contributed by atoms with Crippen molar-refractivity contribution in [2.75, 3.05) is 64.9 Å². The molecule has 1 aliphatic heterocycles. The summed E-state index contributed by atoms with van der Waals surface area (Å²) in [5, 5.41) is 5.52. The molecule has 1 saturated heterocycles. The van der Waals surface area contributed by atoms with Gasteiger partial charge in [-0.25, -0.2) is 14.6 Å². The number of carbonyl (C=O) groups is 1. The van der Waals surface area contributed by atoms with Crippen molar-refractivity contribution in [2.24, 2.45) is 0 Å². The second-order valence-corrected chi connectivity index (χ2v) is 10.2. The summed E-state index contributed by atoms with van der Waals surface area (Å²) in [6, 6.07) is 13.7. The van der Waals surface area contributed by atoms with Gasteiger partial charge in [0.15, 0.2) is 5.65 Å². The second kappa shape index (κ2) is 12.3. The lowest BCUT2D eigenvalue weighted by atomic mass is 10.1. The molecule has 0 atom stereocenters. The van der Waals surface area contributed by atoms with Gasteiger partial charge >= 0.3 is 0 Å². The Balaban J connectivity index is 1.23. The molecule has 3 heterocycles. The lowest BCUT2D eigenvalue weighted by Gasteiger charge is -2.35. The van der Waals surface area contributed by atoms with Crippen LogP contribution < -0.4 is 14.4 Å². The maximum atomic E-state index is 13.3. The fourth-order valence-electron chi connectivity index (χ4n) is 4.91. The van der Waals surface area contributed by atoms with Gasteiger partial charge in [0.25, 0.3) is 5.91 Å². The van der Waals surface area contributed by atoms with Crippen LogP contribution in [0.2, 0.25) is 0 Å². The van der Waals surface area contributed by atoms with Gasteiger partial charge in [-0.2, -0.15) is 5.10 Å². The van der Waals surface area contributed by atoms with Crippen molar-refractivity contribution in [1.29, 1.82) is 0 Å². The minimum Gasteiger partial charge on any atom is -0.494 e. The van der Waals surface area contributed by atoms with E-state index in [-0.39, 0.29) is 5.91 Å². The molecule has 0 aliphatic carbocycles. The highest BCUT2D eigenvalue weighted by Gasteiger charge is 2.25. The zero-order chi connectivity index (χ0) is 28.1. The van der Waals surface area contributed by atoms with Crippen LogP contribution in [0.1, 0.15) is 28.4 Å². The number of hydrogen-bond donors (Lipinski definition) is 0. The van der Waals surface area contributed by atoms with E-state index in [9.17, 15) is 4.79 Å². The first-order valence-corrected chi connectivity index (χ1v) is 13.7. The van der Waals surface area contributed by atoms with Gasteiger partial charge in [-0.05, 0) is 69.4 Å². The van der Waals surface area contributed by atoms with E-state index in [2.05, 4.69) is 30.9 Å². The average molecular weight is 544 g/mol. The lowest BCUT2D eigenvalue weighted by Crippen LogP contribution is -2.49. The number of aromatic nitrogens is 4. The summed E-state index contributed by atoms with van der Waals surface area (Å²) < 4.78 is 13.4. The van der Waals surface area contributed by atoms with Crippen LogP contribution in [0.5, 0.6) is 11.5 Å². The number of benzene rings is 2. The van der Waals surface area contributed by atoms with Gasteiger partial charge in [0.2, 0.25) is 0 Å². The highest BCUT2D eigenvalue weighted by atomic mass is 16.5. The van der Waals surface area contributed by atoms with Gasteiger partial charge in [0.05, 0.1) is 24.7 Å². The molecular weight excluding hydrogens is 506 g/mol. The fourth-order valence-corrected chi connectivity index (χ4v) is 4.91. The smallest absolute Gasteiger partial charge is 0.253 e. The number of carbonyl (C=O) groups excluding carboxylic acids is 1. The SMILES string of the molecule is CCOc1cccc(Cn2ncc3c(N4CCN(C(=O)c5ccc(OCCN(C)C)c(C)c5)CC4)ncnc32)c1. The molecule has 5 rings (SSSR count). The summed E-state index contributed by atoms with van der Waals surface area (Å²) in [6.07, 6.45) is 3.43. The Morgan fingerprint density at radius 2 is 1.85 bits per heavy atom. The number of piperazine rings is 1. The third-order valence-corrected chi connectivity index (χ3v) is 7.04. The van der Waals surface area contributed by atoms with E-state index in [1.807, 2.05) is 80.1 Å². The topological polar surface area (TPSA) is 88.9 Å². The quantitative estimate of drug-likeness (QED) is 0.300. The molecule has 0 N–H and O–H groups in total. The Morgan fingerprint density at radius 3 is 2.60 bits per heavy atom. The zero-order valence-corrected chi connectivity index (χ0v) is 23.7. The molecule has 40 heavy (non-hydrogen) atoms. The first kappa shape index (κ1) is 27.4. The Hall–Kier alpha value is -4.18. The van der Waals surface area contributed by atoms with E-state index in [0.717, 1.165) is 46.0 Å². The number of rotatable bonds is 10. The van der Waals surface area contributed by atoms with Crippen molar-refractivity contribution in [3.63, 3.8) is 0 Å². The van der Waals surface area contributed by atoms with Crippen LogP contribution in [0, 0.1) is 6.92 Å². The van der Waals surface area contributed by atoms with Crippen molar-refractivity contribution in [3.8, 4) is 11.5 Å². The molecule has 2 aromatic carbocycles. The van der Waals surface area contributed by atoms with E-state index in [0.29, 0.717) is 51.5 Å². The summed E-state index contributed by atoms with van der Waals surface area (Å²) in [5.74, 6) is 2.55. The maximum Gasteiger partial charge on any atom is 0.253 e. The number of fused-ring (bicyclic) bond motifs is 1. The zero-order valence-electron chi connectivity index (χ0n) is 23.7. The van der Waals surface area contributed by atoms with E-state index in [1.165, 1.54) is 0 Å². The monoisotopic (exact) mass is 543 g/mol. The fraction of sp³-hybridized carbons (Fsp3) is 0.400. The highest BCUT2D eigenvalue weighted by Crippen LogP contribution is 2.26. The number of nitrogens with zero attached hydrogens (tertiary/aromatic N) is 7. The van der Waals surface area contributed by atoms with E-state index >= 15 is 0 Å². The molecule has 0 bridgehead atoms. The summed E-state index contributed by atoms with van der Waals surface area (Å²) >= 11 is 0. The molecule has 1 aliphatic rings. The van der Waals surface area contributed by atoms with Gasteiger partial charge < -0.3 is 24.2 Å². The van der Waals surface area contributed by atoms with Crippen molar-refractivity contribution >= 4 is 22.8 Å². The van der Waals surface area contributed by atoms with Crippen molar-refractivity contribution < 1.29 is 14.3 Å². The van der Waals surface area contributed by atoms with Gasteiger partial charge in [-0.15, -0.1) is 0 Å². The minimum atomic E-state index is 0.0394. The Labute approximate surface area is 235 Å². The molecule has 2 aromatic heterocycles. The minimum absolute atomic E-state index is 0.0394. The van der Waals surface area contributed by atoms with Gasteiger partial charge in [-0.1, -0.05) is 12.1 Å². The summed E-state index contributed by atoms with van der Waals surface area (Å²) in [7, 11) is 4.03. The summed E-state index contributed by atoms with van der Waals surface area (Å²) in [4.78, 5) is 28.6. The van der Waals surface area contributed by atoms with Gasteiger partial charge in [0.1, 0.15) is 30.3 Å². The van der Waals surface area contributed by atoms with Crippen molar-refractivity contribution in [1.82, 2.24) is 29.5 Å². The maximum absolute atomic E-state index is 13.3. The number of anilines is 1. The molecule has 0 spiro atoms. The summed E-state index contributed by atoms with van der Waals surface area (Å²) in [6.45, 7) is 9.22. The van der Waals surface area contributed by atoms with Crippen LogP contribution in [0.3, 0.4) is 0 Å². The number of aryl methyl sites for hydroxylation is 1. The Kier molecular flexibility index (Phi) is 8.45. The molecule has 1 amide bonds. The standard InChI is InChI=1S/C30H37N7O3/c1-5-39-25-8-6-7-23(18-25)20-37-29-26(19-33-37)28(31-21-32-29)35-11-13-36(14-12-35)30(38)24-9-10-27(22(2)17-24)40-16-15-34(3)4/h6-10,17-19,21H,5,11-16,20H2,1-4H3. The van der Waals surface area contributed by atoms with E-state index < -0.39 is 0 Å². The molecule has 210 valence electrons. The largest absolute Gasteiger partial charge is 0.494 e. The number of hydrogen-bond acceptors (Lipinski definition) is 8. The molecular formula is C30H37N7O3. The Morgan fingerprint density at radius 1 is 1.02 bits per heavy atom. The molecule has 10 nitrogen and oxygen atoms in total. The third kappa shape index (κ3) is 6.17. The van der Waals surface area contributed by atoms with Crippen LogP contribution in [0.25, 0.3) is 11.0 Å². The van der Waals surface area contributed by atoms with E-state index in [1.54, 1.807) is 6.33 Å². The second-order valence-electron chi connectivity index (χ2n) is 10.2. The predicted octanol–water partition coefficient (Wildman–Crippen LogP) is 3.48. The number of ether oxygens (including phenoxy) is 2. The average Bonchev–Trinajstić information content (AvgIpc) is 3.36. The first-order valence-electron chi connectivity index (χ1n) is 13.7. The van der Waals surface area contributed by atoms with Crippen LogP contribution in [0.15, 0.2) is 55.0 Å². The summed E-state index contributed by atoms with van der Waals surface area (Å²) in [5.41, 5.74) is 3.53. The Bertz CT molecular complexity index is 1460. The highest BCUT2D eigenvalue weighted by molar-refractivity contribution is 5.95. The first-order chi connectivity index (χ1) is 19.4. The predicted molar refractivity (Wildman–Crippen MR) is 155 cm³/mol.